The zero-order valence-electron chi connectivity index (χ0n) is 14.2. The van der Waals surface area contributed by atoms with Crippen molar-refractivity contribution in [3.8, 4) is 0 Å². The summed E-state index contributed by atoms with van der Waals surface area (Å²) in [6.07, 6.45) is 5.72. The van der Waals surface area contributed by atoms with Gasteiger partial charge in [-0.1, -0.05) is 0 Å². The lowest BCUT2D eigenvalue weighted by atomic mass is 10.2. The first-order chi connectivity index (χ1) is 11.6. The molecule has 0 bridgehead atoms. The summed E-state index contributed by atoms with van der Waals surface area (Å²) in [6.45, 7) is 3.24. The van der Waals surface area contributed by atoms with E-state index in [1.165, 1.54) is 24.5 Å². The van der Waals surface area contributed by atoms with Gasteiger partial charge in [0, 0.05) is 38.9 Å². The minimum atomic E-state index is -0.311. The number of nitrogens with one attached hydrogen (secondary N) is 1. The summed E-state index contributed by atoms with van der Waals surface area (Å²) < 4.78 is 8.17. The summed E-state index contributed by atoms with van der Waals surface area (Å²) >= 11 is 0. The van der Waals surface area contributed by atoms with Crippen molar-refractivity contribution in [3.63, 3.8) is 0 Å². The second-order valence-corrected chi connectivity index (χ2v) is 6.32. The van der Waals surface area contributed by atoms with E-state index < -0.39 is 0 Å². The van der Waals surface area contributed by atoms with Gasteiger partial charge in [-0.05, 0) is 38.1 Å². The fourth-order valence-corrected chi connectivity index (χ4v) is 3.29. The monoisotopic (exact) mass is 332 g/mol. The minimum absolute atomic E-state index is 0.166. The van der Waals surface area contributed by atoms with Crippen LogP contribution in [0.4, 0.5) is 0 Å². The van der Waals surface area contributed by atoms with E-state index in [1.54, 1.807) is 19.5 Å². The van der Waals surface area contributed by atoms with Gasteiger partial charge in [0.15, 0.2) is 0 Å². The second kappa shape index (κ2) is 7.19. The van der Waals surface area contributed by atoms with E-state index in [2.05, 4.69) is 10.2 Å². The molecule has 1 aliphatic heterocycles. The Labute approximate surface area is 140 Å². The topological polar surface area (TPSA) is 72.4 Å². The van der Waals surface area contributed by atoms with Gasteiger partial charge in [0.25, 0.3) is 5.56 Å². The zero-order chi connectivity index (χ0) is 17.1. The van der Waals surface area contributed by atoms with Gasteiger partial charge in [-0.25, -0.2) is 4.79 Å². The van der Waals surface area contributed by atoms with Crippen LogP contribution in [0.1, 0.15) is 30.2 Å². The summed E-state index contributed by atoms with van der Waals surface area (Å²) in [4.78, 5) is 26.3. The molecule has 24 heavy (non-hydrogen) atoms. The summed E-state index contributed by atoms with van der Waals surface area (Å²) in [7, 11) is 3.16. The fourth-order valence-electron chi connectivity index (χ4n) is 3.29. The maximum atomic E-state index is 12.2. The largest absolute Gasteiger partial charge is 0.468 e. The molecule has 0 aliphatic carbocycles. The van der Waals surface area contributed by atoms with Crippen LogP contribution in [0.3, 0.4) is 0 Å². The number of aryl methyl sites for hydroxylation is 1. The molecule has 1 fully saturated rings. The van der Waals surface area contributed by atoms with Gasteiger partial charge in [-0.3, -0.25) is 14.3 Å². The van der Waals surface area contributed by atoms with Gasteiger partial charge < -0.3 is 14.3 Å². The Morgan fingerprint density at radius 3 is 2.67 bits per heavy atom. The van der Waals surface area contributed by atoms with Crippen LogP contribution in [-0.4, -0.2) is 33.7 Å². The Bertz CT molecular complexity index is 785. The molecule has 0 amide bonds. The molecular weight excluding hydrogens is 308 g/mol. The average molecular weight is 332 g/mol. The van der Waals surface area contributed by atoms with Gasteiger partial charge >= 0.3 is 5.69 Å². The molecular formula is C17H24N4O3. The first-order valence-electron chi connectivity index (χ1n) is 8.31. The van der Waals surface area contributed by atoms with E-state index in [0.717, 1.165) is 23.4 Å². The molecule has 3 rings (SSSR count). The summed E-state index contributed by atoms with van der Waals surface area (Å²) in [5, 5.41) is 3.35. The maximum absolute atomic E-state index is 12.2. The first-order valence-corrected chi connectivity index (χ1v) is 8.31. The quantitative estimate of drug-likeness (QED) is 0.839. The molecule has 0 radical (unpaired) electrons. The van der Waals surface area contributed by atoms with E-state index in [-0.39, 0.29) is 17.3 Å². The van der Waals surface area contributed by atoms with Crippen molar-refractivity contribution in [3.05, 3.63) is 56.8 Å². The highest BCUT2D eigenvalue weighted by atomic mass is 16.3. The van der Waals surface area contributed by atoms with Crippen LogP contribution in [0.25, 0.3) is 0 Å². The molecule has 130 valence electrons. The average Bonchev–Trinajstić information content (AvgIpc) is 3.27. The third-order valence-electron chi connectivity index (χ3n) is 4.62. The number of hydrogen-bond acceptors (Lipinski definition) is 5. The number of hydrogen-bond donors (Lipinski definition) is 1. The van der Waals surface area contributed by atoms with Crippen LogP contribution >= 0.6 is 0 Å². The Hall–Kier alpha value is -2.12. The van der Waals surface area contributed by atoms with Crippen molar-refractivity contribution >= 4 is 0 Å². The smallest absolute Gasteiger partial charge is 0.330 e. The van der Waals surface area contributed by atoms with Crippen LogP contribution in [-0.2, 0) is 20.6 Å². The molecule has 7 heteroatoms. The standard InChI is InChI=1S/C17H24N4O3/c1-19-12-13(16(22)20(2)17(19)23)10-18-11-14(15-6-5-9-24-15)21-7-3-4-8-21/h5-6,9,12,14,18H,3-4,7-8,10-11H2,1-2H3. The van der Waals surface area contributed by atoms with Gasteiger partial charge in [-0.2, -0.15) is 0 Å². The van der Waals surface area contributed by atoms with Crippen molar-refractivity contribution in [1.82, 2.24) is 19.4 Å². The number of likely N-dealkylation sites (tertiary alicyclic amines) is 1. The Kier molecular flexibility index (Phi) is 5.01. The lowest BCUT2D eigenvalue weighted by Gasteiger charge is -2.26. The lowest BCUT2D eigenvalue weighted by molar-refractivity contribution is 0.209. The molecule has 0 spiro atoms. The van der Waals surface area contributed by atoms with Crippen LogP contribution in [0.15, 0.2) is 38.6 Å². The van der Waals surface area contributed by atoms with Crippen molar-refractivity contribution in [2.45, 2.75) is 25.4 Å². The van der Waals surface area contributed by atoms with E-state index in [1.807, 2.05) is 12.1 Å². The predicted octanol–water partition coefficient (Wildman–Crippen LogP) is 0.604. The number of nitrogens with zero attached hydrogens (tertiary/aromatic N) is 3. The Morgan fingerprint density at radius 1 is 1.25 bits per heavy atom. The summed E-state index contributed by atoms with van der Waals surface area (Å²) in [5.74, 6) is 0.942. The Balaban J connectivity index is 1.70. The van der Waals surface area contributed by atoms with Crippen LogP contribution in [0, 0.1) is 0 Å². The lowest BCUT2D eigenvalue weighted by Crippen LogP contribution is -2.40. The molecule has 1 unspecified atom stereocenters. The number of furan rings is 1. The van der Waals surface area contributed by atoms with Crippen molar-refractivity contribution in [2.75, 3.05) is 19.6 Å². The molecule has 1 atom stereocenters. The highest BCUT2D eigenvalue weighted by Crippen LogP contribution is 2.24. The minimum Gasteiger partial charge on any atom is -0.468 e. The molecule has 1 saturated heterocycles. The highest BCUT2D eigenvalue weighted by molar-refractivity contribution is 5.08. The van der Waals surface area contributed by atoms with Crippen LogP contribution in [0.5, 0.6) is 0 Å². The molecule has 2 aromatic rings. The van der Waals surface area contributed by atoms with E-state index >= 15 is 0 Å². The third kappa shape index (κ3) is 3.37. The van der Waals surface area contributed by atoms with Crippen molar-refractivity contribution < 1.29 is 4.42 Å². The van der Waals surface area contributed by atoms with E-state index in [4.69, 9.17) is 4.42 Å². The molecule has 7 nitrogen and oxygen atoms in total. The SMILES string of the molecule is Cn1cc(CNCC(c2ccco2)N2CCCC2)c(=O)n(C)c1=O. The number of aromatic nitrogens is 2. The van der Waals surface area contributed by atoms with Crippen molar-refractivity contribution in [1.29, 1.82) is 0 Å². The summed E-state index contributed by atoms with van der Waals surface area (Å²) in [5.41, 5.74) is 0.0230. The van der Waals surface area contributed by atoms with Gasteiger partial charge in [0.1, 0.15) is 5.76 Å². The van der Waals surface area contributed by atoms with Crippen molar-refractivity contribution in [2.24, 2.45) is 14.1 Å². The van der Waals surface area contributed by atoms with E-state index in [9.17, 15) is 9.59 Å². The zero-order valence-corrected chi connectivity index (χ0v) is 14.2. The second-order valence-electron chi connectivity index (χ2n) is 6.32. The highest BCUT2D eigenvalue weighted by Gasteiger charge is 2.25. The molecule has 2 aromatic heterocycles. The number of rotatable bonds is 6. The van der Waals surface area contributed by atoms with Gasteiger partial charge in [0.2, 0.25) is 0 Å². The summed E-state index contributed by atoms with van der Waals surface area (Å²) in [6, 6.07) is 4.07. The molecule has 0 aromatic carbocycles. The van der Waals surface area contributed by atoms with Gasteiger partial charge in [-0.15, -0.1) is 0 Å². The molecule has 0 saturated carbocycles. The van der Waals surface area contributed by atoms with Gasteiger partial charge in [0.05, 0.1) is 12.3 Å². The third-order valence-corrected chi connectivity index (χ3v) is 4.62. The molecule has 1 N–H and O–H groups in total. The first kappa shape index (κ1) is 16.7. The Morgan fingerprint density at radius 2 is 2.00 bits per heavy atom. The maximum Gasteiger partial charge on any atom is 0.330 e. The van der Waals surface area contributed by atoms with E-state index in [0.29, 0.717) is 18.7 Å². The fraction of sp³-hybridized carbons (Fsp3) is 0.529. The predicted molar refractivity (Wildman–Crippen MR) is 90.9 cm³/mol. The molecule has 3 heterocycles. The normalized spacial score (nSPS) is 16.6. The molecule has 1 aliphatic rings. The van der Waals surface area contributed by atoms with Crippen LogP contribution in [0.2, 0.25) is 0 Å². The van der Waals surface area contributed by atoms with Crippen LogP contribution < -0.4 is 16.6 Å².